The lowest BCUT2D eigenvalue weighted by Gasteiger charge is -2.32. The van der Waals surface area contributed by atoms with Crippen LogP contribution in [0.1, 0.15) is 11.8 Å². The van der Waals surface area contributed by atoms with Crippen molar-refractivity contribution in [1.82, 2.24) is 4.90 Å². The Morgan fingerprint density at radius 3 is 3.05 bits per heavy atom. The molecule has 102 valence electrons. The number of furan rings is 1. The minimum Gasteiger partial charge on any atom is -0.459 e. The molecule has 4 nitrogen and oxygen atoms in total. The average Bonchev–Trinajstić information content (AvgIpc) is 2.80. The molecule has 1 saturated heterocycles. The first-order chi connectivity index (χ1) is 9.13. The Balaban J connectivity index is 1.86. The van der Waals surface area contributed by atoms with Gasteiger partial charge >= 0.3 is 0 Å². The van der Waals surface area contributed by atoms with Gasteiger partial charge in [-0.15, -0.1) is 0 Å². The van der Waals surface area contributed by atoms with Crippen LogP contribution in [-0.4, -0.2) is 37.7 Å². The summed E-state index contributed by atoms with van der Waals surface area (Å²) in [7, 11) is 2.07. The number of ether oxygens (including phenoxy) is 1. The highest BCUT2D eigenvalue weighted by atomic mass is 35.5. The standard InChI is InChI=1S/C14H17ClN2O2/c1-17-4-5-18-13(8-17)14(16)12-7-9-6-10(15)2-3-11(9)19-12/h2-3,6-7,13-14H,4-5,8,16H2,1H3. The molecule has 0 saturated carbocycles. The number of fused-ring (bicyclic) bond motifs is 1. The maximum absolute atomic E-state index is 6.26. The summed E-state index contributed by atoms with van der Waals surface area (Å²) < 4.78 is 11.5. The third-order valence-corrected chi connectivity index (χ3v) is 3.76. The van der Waals surface area contributed by atoms with E-state index in [1.165, 1.54) is 0 Å². The van der Waals surface area contributed by atoms with Crippen LogP contribution < -0.4 is 5.73 Å². The van der Waals surface area contributed by atoms with Crippen LogP contribution >= 0.6 is 11.6 Å². The number of benzene rings is 1. The Labute approximate surface area is 117 Å². The van der Waals surface area contributed by atoms with Crippen molar-refractivity contribution < 1.29 is 9.15 Å². The maximum Gasteiger partial charge on any atom is 0.134 e. The van der Waals surface area contributed by atoms with Crippen LogP contribution in [0, 0.1) is 0 Å². The van der Waals surface area contributed by atoms with Crippen LogP contribution in [0.4, 0.5) is 0 Å². The van der Waals surface area contributed by atoms with Gasteiger partial charge in [-0.1, -0.05) is 11.6 Å². The summed E-state index contributed by atoms with van der Waals surface area (Å²) in [6.07, 6.45) is -0.0326. The molecular formula is C14H17ClN2O2. The fourth-order valence-electron chi connectivity index (χ4n) is 2.41. The van der Waals surface area contributed by atoms with E-state index < -0.39 is 0 Å². The highest BCUT2D eigenvalue weighted by molar-refractivity contribution is 6.31. The summed E-state index contributed by atoms with van der Waals surface area (Å²) in [5, 5.41) is 1.67. The number of hydrogen-bond acceptors (Lipinski definition) is 4. The lowest BCUT2D eigenvalue weighted by Crippen LogP contribution is -2.45. The largest absolute Gasteiger partial charge is 0.459 e. The zero-order valence-electron chi connectivity index (χ0n) is 10.8. The summed E-state index contributed by atoms with van der Waals surface area (Å²) in [6.45, 7) is 2.47. The van der Waals surface area contributed by atoms with E-state index in [-0.39, 0.29) is 12.1 Å². The number of nitrogens with two attached hydrogens (primary N) is 1. The van der Waals surface area contributed by atoms with Gasteiger partial charge in [0.05, 0.1) is 18.8 Å². The van der Waals surface area contributed by atoms with E-state index in [4.69, 9.17) is 26.5 Å². The van der Waals surface area contributed by atoms with Gasteiger partial charge in [-0.25, -0.2) is 0 Å². The third-order valence-electron chi connectivity index (χ3n) is 3.52. The van der Waals surface area contributed by atoms with Gasteiger partial charge in [0, 0.05) is 23.5 Å². The Morgan fingerprint density at radius 2 is 2.26 bits per heavy atom. The Bertz CT molecular complexity index is 584. The van der Waals surface area contributed by atoms with Crippen LogP contribution in [-0.2, 0) is 4.74 Å². The summed E-state index contributed by atoms with van der Waals surface area (Å²) in [5.41, 5.74) is 7.06. The molecule has 2 heterocycles. The Morgan fingerprint density at radius 1 is 1.42 bits per heavy atom. The van der Waals surface area contributed by atoms with Crippen LogP contribution in [0.3, 0.4) is 0 Å². The van der Waals surface area contributed by atoms with E-state index in [0.717, 1.165) is 29.8 Å². The van der Waals surface area contributed by atoms with E-state index in [0.29, 0.717) is 11.6 Å². The first-order valence-corrected chi connectivity index (χ1v) is 6.76. The van der Waals surface area contributed by atoms with Crippen LogP contribution in [0.15, 0.2) is 28.7 Å². The second kappa shape index (κ2) is 5.13. The Kier molecular flexibility index (Phi) is 3.50. The van der Waals surface area contributed by atoms with Gasteiger partial charge in [0.25, 0.3) is 0 Å². The van der Waals surface area contributed by atoms with Gasteiger partial charge in [-0.05, 0) is 31.3 Å². The molecule has 0 aliphatic carbocycles. The molecule has 0 amide bonds. The van der Waals surface area contributed by atoms with Crippen molar-refractivity contribution in [3.05, 3.63) is 35.0 Å². The molecule has 2 unspecified atom stereocenters. The number of halogens is 1. The van der Waals surface area contributed by atoms with Gasteiger partial charge < -0.3 is 19.8 Å². The quantitative estimate of drug-likeness (QED) is 0.918. The number of hydrogen-bond donors (Lipinski definition) is 1. The predicted molar refractivity (Wildman–Crippen MR) is 75.4 cm³/mol. The molecule has 0 radical (unpaired) electrons. The van der Waals surface area contributed by atoms with Crippen molar-refractivity contribution in [3.8, 4) is 0 Å². The smallest absolute Gasteiger partial charge is 0.134 e. The molecule has 1 fully saturated rings. The van der Waals surface area contributed by atoms with E-state index >= 15 is 0 Å². The summed E-state index contributed by atoms with van der Waals surface area (Å²) in [6, 6.07) is 7.25. The fraction of sp³-hybridized carbons (Fsp3) is 0.429. The van der Waals surface area contributed by atoms with Crippen molar-refractivity contribution >= 4 is 22.6 Å². The van der Waals surface area contributed by atoms with Gasteiger partial charge in [-0.3, -0.25) is 0 Å². The Hall–Kier alpha value is -1.07. The topological polar surface area (TPSA) is 51.6 Å². The van der Waals surface area contributed by atoms with Crippen LogP contribution in [0.5, 0.6) is 0 Å². The average molecular weight is 281 g/mol. The summed E-state index contributed by atoms with van der Waals surface area (Å²) in [4.78, 5) is 2.22. The highest BCUT2D eigenvalue weighted by Crippen LogP contribution is 2.28. The zero-order chi connectivity index (χ0) is 13.4. The first kappa shape index (κ1) is 12.9. The van der Waals surface area contributed by atoms with Gasteiger partial charge in [0.1, 0.15) is 11.3 Å². The molecule has 1 aromatic heterocycles. The lowest BCUT2D eigenvalue weighted by atomic mass is 10.1. The maximum atomic E-state index is 6.26. The second-order valence-corrected chi connectivity index (χ2v) is 5.46. The molecule has 1 aliphatic heterocycles. The normalized spacial score (nSPS) is 22.8. The SMILES string of the molecule is CN1CCOC(C(N)c2cc3cc(Cl)ccc3o2)C1. The molecule has 1 aromatic carbocycles. The molecule has 2 N–H and O–H groups in total. The molecule has 2 aromatic rings. The third kappa shape index (κ3) is 2.62. The first-order valence-electron chi connectivity index (χ1n) is 6.38. The predicted octanol–water partition coefficient (Wildman–Crippen LogP) is 2.42. The molecule has 19 heavy (non-hydrogen) atoms. The number of morpholine rings is 1. The summed E-state index contributed by atoms with van der Waals surface area (Å²) in [5.74, 6) is 0.748. The molecule has 3 rings (SSSR count). The van der Waals surface area contributed by atoms with Crippen molar-refractivity contribution in [2.45, 2.75) is 12.1 Å². The van der Waals surface area contributed by atoms with Crippen molar-refractivity contribution in [2.75, 3.05) is 26.7 Å². The van der Waals surface area contributed by atoms with E-state index in [1.54, 1.807) is 0 Å². The van der Waals surface area contributed by atoms with E-state index in [9.17, 15) is 0 Å². The van der Waals surface area contributed by atoms with Gasteiger partial charge in [-0.2, -0.15) is 0 Å². The van der Waals surface area contributed by atoms with E-state index in [2.05, 4.69) is 11.9 Å². The lowest BCUT2D eigenvalue weighted by molar-refractivity contribution is -0.0354. The molecule has 0 bridgehead atoms. The number of nitrogens with zero attached hydrogens (tertiary/aromatic N) is 1. The number of rotatable bonds is 2. The minimum atomic E-state index is -0.256. The summed E-state index contributed by atoms with van der Waals surface area (Å²) >= 11 is 5.97. The second-order valence-electron chi connectivity index (χ2n) is 5.03. The zero-order valence-corrected chi connectivity index (χ0v) is 11.6. The van der Waals surface area contributed by atoms with Gasteiger partial charge in [0.2, 0.25) is 0 Å². The van der Waals surface area contributed by atoms with Crippen molar-refractivity contribution in [1.29, 1.82) is 0 Å². The van der Waals surface area contributed by atoms with Crippen LogP contribution in [0.25, 0.3) is 11.0 Å². The van der Waals surface area contributed by atoms with Gasteiger partial charge in [0.15, 0.2) is 0 Å². The monoisotopic (exact) mass is 280 g/mol. The van der Waals surface area contributed by atoms with Crippen molar-refractivity contribution in [3.63, 3.8) is 0 Å². The minimum absolute atomic E-state index is 0.0326. The van der Waals surface area contributed by atoms with Crippen molar-refractivity contribution in [2.24, 2.45) is 5.73 Å². The van der Waals surface area contributed by atoms with Crippen LogP contribution in [0.2, 0.25) is 5.02 Å². The molecule has 1 aliphatic rings. The molecule has 5 heteroatoms. The molecule has 2 atom stereocenters. The fourth-order valence-corrected chi connectivity index (χ4v) is 2.59. The highest BCUT2D eigenvalue weighted by Gasteiger charge is 2.27. The van der Waals surface area contributed by atoms with E-state index in [1.807, 2.05) is 24.3 Å². The number of likely N-dealkylation sites (N-methyl/N-ethyl adjacent to an activating group) is 1. The molecular weight excluding hydrogens is 264 g/mol. The molecule has 0 spiro atoms.